The van der Waals surface area contributed by atoms with Crippen LogP contribution in [0.1, 0.15) is 78.6 Å². The average molecular weight is 330 g/mol. The minimum atomic E-state index is -0.0621. The molecule has 0 aromatic carbocycles. The fourth-order valence-corrected chi connectivity index (χ4v) is 8.05. The SMILES string of the molecule is CCC1CC2(C)C(CCC3C4CCC(C#N)C4(C)CCC32)CC1O. The monoisotopic (exact) mass is 329 g/mol. The van der Waals surface area contributed by atoms with Gasteiger partial charge >= 0.3 is 0 Å². The minimum Gasteiger partial charge on any atom is -0.393 e. The molecule has 0 aromatic rings. The molecule has 0 spiro atoms. The lowest BCUT2D eigenvalue weighted by Crippen LogP contribution is -2.55. The van der Waals surface area contributed by atoms with E-state index >= 15 is 0 Å². The van der Waals surface area contributed by atoms with Crippen molar-refractivity contribution in [2.24, 2.45) is 46.3 Å². The molecule has 0 radical (unpaired) electrons. The van der Waals surface area contributed by atoms with E-state index in [0.717, 1.165) is 42.9 Å². The van der Waals surface area contributed by atoms with Gasteiger partial charge in [0.15, 0.2) is 0 Å². The molecule has 134 valence electrons. The second kappa shape index (κ2) is 5.73. The Morgan fingerprint density at radius 2 is 1.79 bits per heavy atom. The first-order valence-electron chi connectivity index (χ1n) is 10.5. The summed E-state index contributed by atoms with van der Waals surface area (Å²) in [7, 11) is 0. The summed E-state index contributed by atoms with van der Waals surface area (Å²) in [5.74, 6) is 4.00. The second-order valence-corrected chi connectivity index (χ2v) is 10.1. The molecule has 0 saturated heterocycles. The summed E-state index contributed by atoms with van der Waals surface area (Å²) in [6.45, 7) is 7.26. The number of aliphatic hydroxyl groups excluding tert-OH is 1. The smallest absolute Gasteiger partial charge is 0.0661 e. The van der Waals surface area contributed by atoms with E-state index in [1.165, 1.54) is 38.5 Å². The molecule has 4 saturated carbocycles. The van der Waals surface area contributed by atoms with Crippen LogP contribution in [0.5, 0.6) is 0 Å². The largest absolute Gasteiger partial charge is 0.393 e. The summed E-state index contributed by atoms with van der Waals surface area (Å²) < 4.78 is 0. The summed E-state index contributed by atoms with van der Waals surface area (Å²) in [5, 5.41) is 20.2. The van der Waals surface area contributed by atoms with Crippen LogP contribution in [0.25, 0.3) is 0 Å². The van der Waals surface area contributed by atoms with Crippen LogP contribution in [0, 0.1) is 57.7 Å². The van der Waals surface area contributed by atoms with Gasteiger partial charge in [-0.3, -0.25) is 0 Å². The van der Waals surface area contributed by atoms with Crippen LogP contribution >= 0.6 is 0 Å². The third kappa shape index (κ3) is 2.16. The lowest BCUT2D eigenvalue weighted by atomic mass is 9.44. The van der Waals surface area contributed by atoms with Crippen LogP contribution in [0.3, 0.4) is 0 Å². The van der Waals surface area contributed by atoms with Crippen molar-refractivity contribution in [1.29, 1.82) is 5.26 Å². The molecule has 9 unspecified atom stereocenters. The Kier molecular flexibility index (Phi) is 4.03. The molecule has 4 aliphatic rings. The van der Waals surface area contributed by atoms with Gasteiger partial charge in [-0.25, -0.2) is 0 Å². The van der Waals surface area contributed by atoms with E-state index in [1.807, 2.05) is 0 Å². The molecule has 9 atom stereocenters. The maximum absolute atomic E-state index is 10.5. The summed E-state index contributed by atoms with van der Waals surface area (Å²) in [6, 6.07) is 2.65. The van der Waals surface area contributed by atoms with Crippen molar-refractivity contribution < 1.29 is 5.11 Å². The maximum Gasteiger partial charge on any atom is 0.0661 e. The molecule has 2 nitrogen and oxygen atoms in total. The Labute approximate surface area is 148 Å². The fraction of sp³-hybridized carbons (Fsp3) is 0.955. The van der Waals surface area contributed by atoms with E-state index in [2.05, 4.69) is 26.8 Å². The number of fused-ring (bicyclic) bond motifs is 5. The molecule has 0 heterocycles. The maximum atomic E-state index is 10.5. The standard InChI is InChI=1S/C22H35NO/c1-4-14-12-22(3)15(11-20(14)24)5-7-17-18-8-6-16(13-23)21(18,2)10-9-19(17)22/h14-20,24H,4-12H2,1-3H3. The van der Waals surface area contributed by atoms with E-state index in [4.69, 9.17) is 0 Å². The molecule has 0 aliphatic heterocycles. The average Bonchev–Trinajstić information content (AvgIpc) is 2.91. The number of nitrogens with zero attached hydrogens (tertiary/aromatic N) is 1. The van der Waals surface area contributed by atoms with Gasteiger partial charge in [0.05, 0.1) is 18.1 Å². The van der Waals surface area contributed by atoms with Crippen molar-refractivity contribution in [1.82, 2.24) is 0 Å². The van der Waals surface area contributed by atoms with Gasteiger partial charge in [-0.1, -0.05) is 27.2 Å². The molecule has 4 rings (SSSR count). The Hall–Kier alpha value is -0.550. The van der Waals surface area contributed by atoms with Crippen LogP contribution in [0.4, 0.5) is 0 Å². The number of hydrogen-bond acceptors (Lipinski definition) is 2. The molecule has 2 heteroatoms. The van der Waals surface area contributed by atoms with E-state index < -0.39 is 0 Å². The van der Waals surface area contributed by atoms with E-state index in [1.54, 1.807) is 0 Å². The molecule has 24 heavy (non-hydrogen) atoms. The number of rotatable bonds is 1. The third-order valence-electron chi connectivity index (χ3n) is 9.52. The first-order chi connectivity index (χ1) is 11.4. The second-order valence-electron chi connectivity index (χ2n) is 10.1. The van der Waals surface area contributed by atoms with Gasteiger partial charge < -0.3 is 5.11 Å². The van der Waals surface area contributed by atoms with Gasteiger partial charge in [0.25, 0.3) is 0 Å². The fourth-order valence-electron chi connectivity index (χ4n) is 8.05. The first kappa shape index (κ1) is 16.9. The lowest BCUT2D eigenvalue weighted by Gasteiger charge is -2.61. The van der Waals surface area contributed by atoms with E-state index in [-0.39, 0.29) is 11.5 Å². The van der Waals surface area contributed by atoms with Crippen molar-refractivity contribution in [3.63, 3.8) is 0 Å². The van der Waals surface area contributed by atoms with Gasteiger partial charge in [-0.15, -0.1) is 0 Å². The highest BCUT2D eigenvalue weighted by Crippen LogP contribution is 2.67. The summed E-state index contributed by atoms with van der Waals surface area (Å²) in [6.07, 6.45) is 11.0. The molecule has 4 fully saturated rings. The van der Waals surface area contributed by atoms with Crippen molar-refractivity contribution in [3.8, 4) is 6.07 Å². The Bertz CT molecular complexity index is 539. The van der Waals surface area contributed by atoms with Gasteiger partial charge in [0.2, 0.25) is 0 Å². The van der Waals surface area contributed by atoms with Crippen LogP contribution in [0.15, 0.2) is 0 Å². The lowest BCUT2D eigenvalue weighted by molar-refractivity contribution is -0.141. The van der Waals surface area contributed by atoms with Crippen LogP contribution in [0.2, 0.25) is 0 Å². The normalized spacial score (nSPS) is 56.7. The Balaban J connectivity index is 1.62. The van der Waals surface area contributed by atoms with E-state index in [9.17, 15) is 10.4 Å². The van der Waals surface area contributed by atoms with Crippen molar-refractivity contribution in [2.75, 3.05) is 0 Å². The van der Waals surface area contributed by atoms with Gasteiger partial charge in [0, 0.05) is 0 Å². The van der Waals surface area contributed by atoms with Gasteiger partial charge in [0.1, 0.15) is 0 Å². The molecule has 1 N–H and O–H groups in total. The van der Waals surface area contributed by atoms with Gasteiger partial charge in [-0.05, 0) is 91.8 Å². The molecule has 0 aromatic heterocycles. The highest BCUT2D eigenvalue weighted by Gasteiger charge is 2.60. The molecule has 4 aliphatic carbocycles. The summed E-state index contributed by atoms with van der Waals surface area (Å²) >= 11 is 0. The zero-order valence-corrected chi connectivity index (χ0v) is 15.8. The number of hydrogen-bond donors (Lipinski definition) is 1. The van der Waals surface area contributed by atoms with Crippen molar-refractivity contribution in [3.05, 3.63) is 0 Å². The summed E-state index contributed by atoms with van der Waals surface area (Å²) in [4.78, 5) is 0. The highest BCUT2D eigenvalue weighted by molar-refractivity contribution is 5.13. The topological polar surface area (TPSA) is 44.0 Å². The van der Waals surface area contributed by atoms with E-state index in [0.29, 0.717) is 17.3 Å². The van der Waals surface area contributed by atoms with Crippen molar-refractivity contribution >= 4 is 0 Å². The van der Waals surface area contributed by atoms with Crippen LogP contribution in [-0.4, -0.2) is 11.2 Å². The van der Waals surface area contributed by atoms with Crippen LogP contribution < -0.4 is 0 Å². The Morgan fingerprint density at radius 1 is 1.04 bits per heavy atom. The van der Waals surface area contributed by atoms with Crippen molar-refractivity contribution in [2.45, 2.75) is 84.7 Å². The van der Waals surface area contributed by atoms with Crippen LogP contribution in [-0.2, 0) is 0 Å². The van der Waals surface area contributed by atoms with Gasteiger partial charge in [-0.2, -0.15) is 5.26 Å². The minimum absolute atomic E-state index is 0.0621. The zero-order valence-electron chi connectivity index (χ0n) is 15.8. The summed E-state index contributed by atoms with van der Waals surface area (Å²) in [5.41, 5.74) is 0.729. The zero-order chi connectivity index (χ0) is 17.1. The molecular formula is C22H35NO. The third-order valence-corrected chi connectivity index (χ3v) is 9.52. The predicted molar refractivity (Wildman–Crippen MR) is 96.0 cm³/mol. The first-order valence-corrected chi connectivity index (χ1v) is 10.5. The quantitative estimate of drug-likeness (QED) is 0.721. The molecular weight excluding hydrogens is 294 g/mol. The Morgan fingerprint density at radius 3 is 2.50 bits per heavy atom. The molecule has 0 bridgehead atoms. The highest BCUT2D eigenvalue weighted by atomic mass is 16.3. The predicted octanol–water partition coefficient (Wildman–Crippen LogP) is 5.17. The number of aliphatic hydroxyl groups is 1. The number of nitriles is 1. The molecule has 0 amide bonds.